The van der Waals surface area contributed by atoms with Gasteiger partial charge in [0.2, 0.25) is 0 Å². The standard InChI is InChI=1S/C13H11Cl2NO4S/c1-2-19-10-3-5-11(6-4-10)21(17,18)20-13-12(15)7-9(14)8-16-13/h3-8H,2H2,1H3. The van der Waals surface area contributed by atoms with E-state index in [9.17, 15) is 8.42 Å². The summed E-state index contributed by atoms with van der Waals surface area (Å²) < 4.78 is 34.4. The lowest BCUT2D eigenvalue weighted by Gasteiger charge is -2.08. The first-order valence-corrected chi connectivity index (χ1v) is 8.07. The van der Waals surface area contributed by atoms with Gasteiger partial charge in [-0.2, -0.15) is 8.42 Å². The molecule has 1 aromatic carbocycles. The summed E-state index contributed by atoms with van der Waals surface area (Å²) in [5.74, 6) is 0.342. The topological polar surface area (TPSA) is 65.5 Å². The molecular weight excluding hydrogens is 337 g/mol. The zero-order valence-electron chi connectivity index (χ0n) is 10.9. The molecule has 0 fully saturated rings. The lowest BCUT2D eigenvalue weighted by atomic mass is 10.3. The molecule has 0 aliphatic heterocycles. The van der Waals surface area contributed by atoms with Gasteiger partial charge in [0.05, 0.1) is 11.6 Å². The van der Waals surface area contributed by atoms with Gasteiger partial charge in [0, 0.05) is 6.20 Å². The minimum atomic E-state index is -4.03. The highest BCUT2D eigenvalue weighted by atomic mass is 35.5. The van der Waals surface area contributed by atoms with Gasteiger partial charge in [0.25, 0.3) is 5.88 Å². The van der Waals surface area contributed by atoms with Gasteiger partial charge in [-0.3, -0.25) is 0 Å². The number of pyridine rings is 1. The van der Waals surface area contributed by atoms with E-state index in [1.165, 1.54) is 36.5 Å². The third-order valence-corrected chi connectivity index (χ3v) is 4.09. The lowest BCUT2D eigenvalue weighted by molar-refractivity contribution is 0.340. The number of aromatic nitrogens is 1. The van der Waals surface area contributed by atoms with E-state index in [1.807, 2.05) is 6.92 Å². The van der Waals surface area contributed by atoms with E-state index in [4.69, 9.17) is 32.1 Å². The molecule has 0 amide bonds. The molecule has 21 heavy (non-hydrogen) atoms. The van der Waals surface area contributed by atoms with Crippen molar-refractivity contribution >= 4 is 33.3 Å². The van der Waals surface area contributed by atoms with Crippen LogP contribution in [0.25, 0.3) is 0 Å². The van der Waals surface area contributed by atoms with Crippen molar-refractivity contribution in [3.8, 4) is 11.6 Å². The summed E-state index contributed by atoms with van der Waals surface area (Å²) in [5.41, 5.74) is 0. The van der Waals surface area contributed by atoms with Crippen LogP contribution in [-0.2, 0) is 10.1 Å². The molecule has 0 unspecified atom stereocenters. The van der Waals surface area contributed by atoms with Crippen LogP contribution in [0, 0.1) is 0 Å². The van der Waals surface area contributed by atoms with Crippen LogP contribution >= 0.6 is 23.2 Å². The number of benzene rings is 1. The molecule has 0 saturated heterocycles. The fourth-order valence-electron chi connectivity index (χ4n) is 1.48. The van der Waals surface area contributed by atoms with Crippen LogP contribution in [0.5, 0.6) is 11.6 Å². The fourth-order valence-corrected chi connectivity index (χ4v) is 2.86. The summed E-state index contributed by atoms with van der Waals surface area (Å²) >= 11 is 11.5. The van der Waals surface area contributed by atoms with Crippen molar-refractivity contribution < 1.29 is 17.3 Å². The van der Waals surface area contributed by atoms with Crippen molar-refractivity contribution in [3.63, 3.8) is 0 Å². The first-order valence-electron chi connectivity index (χ1n) is 5.91. The SMILES string of the molecule is CCOc1ccc(S(=O)(=O)Oc2ncc(Cl)cc2Cl)cc1. The Kier molecular flexibility index (Phi) is 4.92. The van der Waals surface area contributed by atoms with Crippen LogP contribution in [0.4, 0.5) is 0 Å². The van der Waals surface area contributed by atoms with E-state index >= 15 is 0 Å². The molecule has 8 heteroatoms. The third-order valence-electron chi connectivity index (χ3n) is 2.39. The number of hydrogen-bond donors (Lipinski definition) is 0. The molecule has 1 aromatic heterocycles. The number of halogens is 2. The normalized spacial score (nSPS) is 11.2. The summed E-state index contributed by atoms with van der Waals surface area (Å²) in [7, 11) is -4.03. The molecule has 0 radical (unpaired) electrons. The molecule has 2 aromatic rings. The Balaban J connectivity index is 2.25. The van der Waals surface area contributed by atoms with Gasteiger partial charge in [-0.05, 0) is 37.3 Å². The summed E-state index contributed by atoms with van der Waals surface area (Å²) in [6.07, 6.45) is 1.25. The maximum absolute atomic E-state index is 12.1. The second-order valence-corrected chi connectivity index (χ2v) is 6.27. The Morgan fingerprint density at radius 3 is 2.43 bits per heavy atom. The highest BCUT2D eigenvalue weighted by Crippen LogP contribution is 2.27. The van der Waals surface area contributed by atoms with E-state index in [0.29, 0.717) is 12.4 Å². The number of nitrogens with zero attached hydrogens (tertiary/aromatic N) is 1. The molecule has 5 nitrogen and oxygen atoms in total. The fraction of sp³-hybridized carbons (Fsp3) is 0.154. The summed E-state index contributed by atoms with van der Waals surface area (Å²) in [6.45, 7) is 2.33. The van der Waals surface area contributed by atoms with Crippen LogP contribution in [0.3, 0.4) is 0 Å². The van der Waals surface area contributed by atoms with Crippen LogP contribution in [-0.4, -0.2) is 20.0 Å². The highest BCUT2D eigenvalue weighted by Gasteiger charge is 2.19. The number of ether oxygens (including phenoxy) is 1. The molecule has 2 rings (SSSR count). The quantitative estimate of drug-likeness (QED) is 0.773. The predicted octanol–water partition coefficient (Wildman–Crippen LogP) is 3.55. The molecule has 0 aliphatic carbocycles. The maximum Gasteiger partial charge on any atom is 0.340 e. The first-order chi connectivity index (χ1) is 9.92. The molecule has 0 bridgehead atoms. The summed E-state index contributed by atoms with van der Waals surface area (Å²) in [5, 5.41) is 0.294. The van der Waals surface area contributed by atoms with Gasteiger partial charge < -0.3 is 8.92 Å². The third kappa shape index (κ3) is 4.00. The minimum Gasteiger partial charge on any atom is -0.494 e. The first kappa shape index (κ1) is 15.9. The van der Waals surface area contributed by atoms with Crippen molar-refractivity contribution in [2.75, 3.05) is 6.61 Å². The van der Waals surface area contributed by atoms with E-state index in [1.54, 1.807) is 0 Å². The van der Waals surface area contributed by atoms with Crippen molar-refractivity contribution in [3.05, 3.63) is 46.6 Å². The van der Waals surface area contributed by atoms with Crippen LogP contribution in [0.2, 0.25) is 10.0 Å². The Morgan fingerprint density at radius 2 is 1.86 bits per heavy atom. The Labute approximate surface area is 132 Å². The molecule has 112 valence electrons. The van der Waals surface area contributed by atoms with Crippen molar-refractivity contribution in [2.45, 2.75) is 11.8 Å². The molecule has 0 saturated carbocycles. The largest absolute Gasteiger partial charge is 0.494 e. The Morgan fingerprint density at radius 1 is 1.19 bits per heavy atom. The van der Waals surface area contributed by atoms with Crippen LogP contribution < -0.4 is 8.92 Å². The molecule has 0 spiro atoms. The smallest absolute Gasteiger partial charge is 0.340 e. The Bertz CT molecular complexity index is 732. The average molecular weight is 348 g/mol. The Hall–Kier alpha value is -1.50. The van der Waals surface area contributed by atoms with Gasteiger partial charge in [-0.25, -0.2) is 4.98 Å². The zero-order valence-corrected chi connectivity index (χ0v) is 13.2. The summed E-state index contributed by atoms with van der Waals surface area (Å²) in [4.78, 5) is 3.72. The summed E-state index contributed by atoms with van der Waals surface area (Å²) in [6, 6.07) is 7.18. The monoisotopic (exact) mass is 347 g/mol. The van der Waals surface area contributed by atoms with Crippen molar-refractivity contribution in [1.82, 2.24) is 4.98 Å². The van der Waals surface area contributed by atoms with Gasteiger partial charge in [0.15, 0.2) is 0 Å². The average Bonchev–Trinajstić information content (AvgIpc) is 2.43. The van der Waals surface area contributed by atoms with Crippen molar-refractivity contribution in [2.24, 2.45) is 0 Å². The highest BCUT2D eigenvalue weighted by molar-refractivity contribution is 7.87. The second-order valence-electron chi connectivity index (χ2n) is 3.88. The van der Waals surface area contributed by atoms with E-state index < -0.39 is 10.1 Å². The van der Waals surface area contributed by atoms with E-state index in [2.05, 4.69) is 4.98 Å². The molecule has 0 N–H and O–H groups in total. The van der Waals surface area contributed by atoms with Crippen LogP contribution in [0.15, 0.2) is 41.4 Å². The predicted molar refractivity (Wildman–Crippen MR) is 79.7 cm³/mol. The van der Waals surface area contributed by atoms with E-state index in [-0.39, 0.29) is 20.8 Å². The van der Waals surface area contributed by atoms with Gasteiger partial charge in [-0.15, -0.1) is 0 Å². The van der Waals surface area contributed by atoms with Crippen molar-refractivity contribution in [1.29, 1.82) is 0 Å². The molecule has 0 atom stereocenters. The zero-order chi connectivity index (χ0) is 15.5. The number of hydrogen-bond acceptors (Lipinski definition) is 5. The molecular formula is C13H11Cl2NO4S. The minimum absolute atomic E-state index is 0.0111. The number of rotatable bonds is 5. The second kappa shape index (κ2) is 6.51. The lowest BCUT2D eigenvalue weighted by Crippen LogP contribution is -2.11. The maximum atomic E-state index is 12.1. The van der Waals surface area contributed by atoms with Crippen LogP contribution in [0.1, 0.15) is 6.92 Å². The van der Waals surface area contributed by atoms with Gasteiger partial charge in [0.1, 0.15) is 15.7 Å². The van der Waals surface area contributed by atoms with E-state index in [0.717, 1.165) is 0 Å². The molecule has 1 heterocycles. The molecule has 0 aliphatic rings. The van der Waals surface area contributed by atoms with Gasteiger partial charge >= 0.3 is 10.1 Å². The van der Waals surface area contributed by atoms with Gasteiger partial charge in [-0.1, -0.05) is 23.2 Å².